The zero-order chi connectivity index (χ0) is 30.7. The van der Waals surface area contributed by atoms with Gasteiger partial charge in [0, 0.05) is 5.02 Å². The molecule has 11 heteroatoms. The van der Waals surface area contributed by atoms with Gasteiger partial charge in [-0.3, -0.25) is 9.10 Å². The summed E-state index contributed by atoms with van der Waals surface area (Å²) in [5.74, 6) is 0.754. The second kappa shape index (κ2) is 15.1. The van der Waals surface area contributed by atoms with Crippen molar-refractivity contribution in [1.29, 1.82) is 0 Å². The summed E-state index contributed by atoms with van der Waals surface area (Å²) in [5, 5.41) is 4.70. The van der Waals surface area contributed by atoms with Crippen LogP contribution in [0.3, 0.4) is 0 Å². The number of hydrogen-bond acceptors (Lipinski definition) is 7. The van der Waals surface area contributed by atoms with Crippen LogP contribution in [0.15, 0.2) is 107 Å². The second-order valence-electron chi connectivity index (χ2n) is 9.07. The first kappa shape index (κ1) is 31.4. The summed E-state index contributed by atoms with van der Waals surface area (Å²) >= 11 is 5.96. The molecule has 0 aliphatic carbocycles. The van der Waals surface area contributed by atoms with Gasteiger partial charge in [0.15, 0.2) is 11.5 Å². The molecular weight excluding hydrogens is 590 g/mol. The third-order valence-electron chi connectivity index (χ3n) is 6.03. The van der Waals surface area contributed by atoms with E-state index in [1.54, 1.807) is 79.7 Å². The molecule has 0 atom stereocenters. The standard InChI is InChI=1S/C32H32ClN3O6S/c1-3-40-29-13-9-8-12-28(29)36(43(38,39)27-10-6-5-7-11-27)22-32(37)35-34-21-25-16-19-30(31(20-25)41-4-2)42-23-24-14-17-26(33)18-15-24/h5-21H,3-4,22-23H2,1-2H3,(H,35,37)/b34-21+. The highest BCUT2D eigenvalue weighted by molar-refractivity contribution is 7.92. The molecule has 4 aromatic rings. The number of sulfonamides is 1. The van der Waals surface area contributed by atoms with Crippen molar-refractivity contribution in [3.63, 3.8) is 0 Å². The van der Waals surface area contributed by atoms with Crippen LogP contribution in [-0.2, 0) is 21.4 Å². The molecule has 0 saturated heterocycles. The molecule has 0 spiro atoms. The fourth-order valence-electron chi connectivity index (χ4n) is 4.04. The van der Waals surface area contributed by atoms with E-state index in [9.17, 15) is 13.2 Å². The summed E-state index contributed by atoms with van der Waals surface area (Å²) < 4.78 is 45.6. The monoisotopic (exact) mass is 621 g/mol. The molecule has 1 amide bonds. The van der Waals surface area contributed by atoms with Gasteiger partial charge >= 0.3 is 0 Å². The van der Waals surface area contributed by atoms with Gasteiger partial charge in [-0.2, -0.15) is 5.10 Å². The number of carbonyl (C=O) groups is 1. The number of nitrogens with one attached hydrogen (secondary N) is 1. The molecule has 0 aliphatic rings. The highest BCUT2D eigenvalue weighted by Gasteiger charge is 2.29. The first-order chi connectivity index (χ1) is 20.8. The number of amides is 1. The Morgan fingerprint density at radius 1 is 0.837 bits per heavy atom. The Balaban J connectivity index is 1.49. The molecule has 43 heavy (non-hydrogen) atoms. The number of rotatable bonds is 14. The van der Waals surface area contributed by atoms with Gasteiger partial charge in [-0.15, -0.1) is 0 Å². The zero-order valence-corrected chi connectivity index (χ0v) is 25.3. The van der Waals surface area contributed by atoms with Crippen molar-refractivity contribution in [3.8, 4) is 17.2 Å². The van der Waals surface area contributed by atoms with Crippen LogP contribution in [0, 0.1) is 0 Å². The Kier molecular flexibility index (Phi) is 11.0. The number of hydrazone groups is 1. The number of carbonyl (C=O) groups excluding carboxylic acids is 1. The van der Waals surface area contributed by atoms with E-state index in [4.69, 9.17) is 25.8 Å². The molecule has 0 aromatic heterocycles. The first-order valence-electron chi connectivity index (χ1n) is 13.6. The van der Waals surface area contributed by atoms with Gasteiger partial charge in [-0.1, -0.05) is 54.1 Å². The Bertz CT molecular complexity index is 1650. The van der Waals surface area contributed by atoms with Gasteiger partial charge < -0.3 is 14.2 Å². The van der Waals surface area contributed by atoms with Gasteiger partial charge in [-0.25, -0.2) is 13.8 Å². The first-order valence-corrected chi connectivity index (χ1v) is 15.4. The third-order valence-corrected chi connectivity index (χ3v) is 8.06. The molecule has 0 unspecified atom stereocenters. The Morgan fingerprint density at radius 3 is 2.23 bits per heavy atom. The van der Waals surface area contributed by atoms with Crippen molar-refractivity contribution in [2.24, 2.45) is 5.10 Å². The van der Waals surface area contributed by atoms with E-state index in [1.807, 2.05) is 19.1 Å². The molecule has 224 valence electrons. The number of ether oxygens (including phenoxy) is 3. The predicted molar refractivity (Wildman–Crippen MR) is 168 cm³/mol. The molecule has 0 radical (unpaired) electrons. The third kappa shape index (κ3) is 8.50. The second-order valence-corrected chi connectivity index (χ2v) is 11.4. The normalized spacial score (nSPS) is 11.2. The highest BCUT2D eigenvalue weighted by Crippen LogP contribution is 2.32. The van der Waals surface area contributed by atoms with Crippen LogP contribution >= 0.6 is 11.6 Å². The summed E-state index contributed by atoms with van der Waals surface area (Å²) in [6.45, 7) is 4.20. The van der Waals surface area contributed by atoms with E-state index in [2.05, 4.69) is 10.5 Å². The average Bonchev–Trinajstić information content (AvgIpc) is 3.01. The van der Waals surface area contributed by atoms with Gasteiger partial charge in [-0.05, 0) is 79.6 Å². The molecule has 1 N–H and O–H groups in total. The van der Waals surface area contributed by atoms with Gasteiger partial charge in [0.1, 0.15) is 18.9 Å². The number of halogens is 1. The fourth-order valence-corrected chi connectivity index (χ4v) is 5.62. The van der Waals surface area contributed by atoms with Crippen LogP contribution in [0.25, 0.3) is 0 Å². The van der Waals surface area contributed by atoms with Crippen LogP contribution < -0.4 is 23.9 Å². The van der Waals surface area contributed by atoms with Crippen molar-refractivity contribution >= 4 is 39.4 Å². The topological polar surface area (TPSA) is 107 Å². The Labute approximate surface area is 256 Å². The van der Waals surface area contributed by atoms with Gasteiger partial charge in [0.25, 0.3) is 15.9 Å². The molecule has 0 saturated carbocycles. The van der Waals surface area contributed by atoms with E-state index in [0.29, 0.717) is 47.7 Å². The molecule has 0 heterocycles. The minimum absolute atomic E-state index is 0.0411. The zero-order valence-electron chi connectivity index (χ0n) is 23.8. The molecule has 4 rings (SSSR count). The lowest BCUT2D eigenvalue weighted by atomic mass is 10.2. The average molecular weight is 622 g/mol. The van der Waals surface area contributed by atoms with Crippen LogP contribution in [-0.4, -0.2) is 40.3 Å². The van der Waals surface area contributed by atoms with Crippen LogP contribution in [0.5, 0.6) is 17.2 Å². The highest BCUT2D eigenvalue weighted by atomic mass is 35.5. The molecule has 0 aliphatic heterocycles. The van der Waals surface area contributed by atoms with Crippen molar-refractivity contribution in [3.05, 3.63) is 113 Å². The van der Waals surface area contributed by atoms with Crippen LogP contribution in [0.4, 0.5) is 5.69 Å². The minimum Gasteiger partial charge on any atom is -0.492 e. The number of benzene rings is 4. The van der Waals surface area contributed by atoms with E-state index < -0.39 is 22.5 Å². The Morgan fingerprint density at radius 2 is 1.51 bits per heavy atom. The molecule has 0 fully saturated rings. The van der Waals surface area contributed by atoms with Crippen molar-refractivity contribution in [1.82, 2.24) is 5.43 Å². The molecule has 0 bridgehead atoms. The van der Waals surface area contributed by atoms with Gasteiger partial charge in [0.05, 0.1) is 30.0 Å². The van der Waals surface area contributed by atoms with Crippen molar-refractivity contribution in [2.75, 3.05) is 24.1 Å². The van der Waals surface area contributed by atoms with Gasteiger partial charge in [0.2, 0.25) is 0 Å². The molecule has 4 aromatic carbocycles. The Hall–Kier alpha value is -4.54. The number of nitrogens with zero attached hydrogens (tertiary/aromatic N) is 2. The van der Waals surface area contributed by atoms with E-state index in [-0.39, 0.29) is 10.6 Å². The molecule has 9 nitrogen and oxygen atoms in total. The predicted octanol–water partition coefficient (Wildman–Crippen LogP) is 6.06. The lowest BCUT2D eigenvalue weighted by Gasteiger charge is -2.25. The maximum Gasteiger partial charge on any atom is 0.264 e. The van der Waals surface area contributed by atoms with Crippen molar-refractivity contribution < 1.29 is 27.4 Å². The quantitative estimate of drug-likeness (QED) is 0.135. The summed E-state index contributed by atoms with van der Waals surface area (Å²) in [6, 6.07) is 27.2. The lowest BCUT2D eigenvalue weighted by Crippen LogP contribution is -2.39. The lowest BCUT2D eigenvalue weighted by molar-refractivity contribution is -0.119. The summed E-state index contributed by atoms with van der Waals surface area (Å²) in [4.78, 5) is 13.0. The largest absolute Gasteiger partial charge is 0.492 e. The smallest absolute Gasteiger partial charge is 0.264 e. The minimum atomic E-state index is -4.11. The number of anilines is 1. The SMILES string of the molecule is CCOc1cc(/C=N/NC(=O)CN(c2ccccc2OCC)S(=O)(=O)c2ccccc2)ccc1OCc1ccc(Cl)cc1. The van der Waals surface area contributed by atoms with E-state index >= 15 is 0 Å². The van der Waals surface area contributed by atoms with Crippen LogP contribution in [0.1, 0.15) is 25.0 Å². The maximum absolute atomic E-state index is 13.6. The van der Waals surface area contributed by atoms with Crippen molar-refractivity contribution in [2.45, 2.75) is 25.3 Å². The van der Waals surface area contributed by atoms with E-state index in [1.165, 1.54) is 18.3 Å². The number of para-hydroxylation sites is 2. The summed E-state index contributed by atoms with van der Waals surface area (Å²) in [6.07, 6.45) is 1.44. The molecular formula is C32H32ClN3O6S. The van der Waals surface area contributed by atoms with E-state index in [0.717, 1.165) is 9.87 Å². The summed E-state index contributed by atoms with van der Waals surface area (Å²) in [7, 11) is -4.11. The fraction of sp³-hybridized carbons (Fsp3) is 0.188. The summed E-state index contributed by atoms with van der Waals surface area (Å²) in [5.41, 5.74) is 4.25. The number of hydrogen-bond donors (Lipinski definition) is 1. The van der Waals surface area contributed by atoms with Crippen LogP contribution in [0.2, 0.25) is 5.02 Å². The maximum atomic E-state index is 13.6.